The van der Waals surface area contributed by atoms with Crippen LogP contribution in [-0.4, -0.2) is 25.2 Å². The van der Waals surface area contributed by atoms with E-state index in [1.165, 1.54) is 0 Å². The van der Waals surface area contributed by atoms with Crippen molar-refractivity contribution in [3.8, 4) is 11.4 Å². The molecule has 0 aliphatic carbocycles. The minimum Gasteiger partial charge on any atom is -0.259 e. The normalized spacial score (nSPS) is 10.1. The van der Waals surface area contributed by atoms with Crippen LogP contribution in [0.5, 0.6) is 0 Å². The van der Waals surface area contributed by atoms with E-state index in [0.29, 0.717) is 17.4 Å². The van der Waals surface area contributed by atoms with Crippen LogP contribution >= 0.6 is 24.0 Å². The first-order valence-corrected chi connectivity index (χ1v) is 6.13. The zero-order chi connectivity index (χ0) is 13.1. The minimum atomic E-state index is 0. The number of hydrogen-bond acceptors (Lipinski definition) is 4. The Morgan fingerprint density at radius 3 is 2.60 bits per heavy atom. The van der Waals surface area contributed by atoms with Crippen LogP contribution in [0.2, 0.25) is 5.02 Å². The fraction of sp³-hybridized carbons (Fsp3) is 0.0769. The molecule has 0 fully saturated rings. The highest BCUT2D eigenvalue weighted by molar-refractivity contribution is 6.33. The van der Waals surface area contributed by atoms with Gasteiger partial charge in [0.2, 0.25) is 0 Å². The summed E-state index contributed by atoms with van der Waals surface area (Å²) in [5.74, 6) is 0.635. The van der Waals surface area contributed by atoms with Crippen molar-refractivity contribution in [2.24, 2.45) is 0 Å². The molecule has 7 heteroatoms. The molecule has 0 amide bonds. The molecule has 1 aromatic carbocycles. The fourth-order valence-corrected chi connectivity index (χ4v) is 2.01. The van der Waals surface area contributed by atoms with Crippen molar-refractivity contribution in [2.75, 3.05) is 0 Å². The predicted molar refractivity (Wildman–Crippen MR) is 78.9 cm³/mol. The van der Waals surface area contributed by atoms with Gasteiger partial charge in [-0.3, -0.25) is 4.98 Å². The zero-order valence-electron chi connectivity index (χ0n) is 10.3. The number of rotatable bonds is 3. The molecule has 0 radical (unpaired) electrons. The first-order chi connectivity index (χ1) is 9.34. The van der Waals surface area contributed by atoms with Gasteiger partial charge in [0.25, 0.3) is 0 Å². The minimum absolute atomic E-state index is 0. The van der Waals surface area contributed by atoms with Crippen molar-refractivity contribution in [3.05, 3.63) is 59.4 Å². The number of aromatic nitrogens is 5. The molecule has 2 aromatic heterocycles. The van der Waals surface area contributed by atoms with Crippen molar-refractivity contribution in [1.29, 1.82) is 0 Å². The molecule has 0 saturated carbocycles. The Kier molecular flexibility index (Phi) is 4.65. The van der Waals surface area contributed by atoms with Crippen LogP contribution < -0.4 is 0 Å². The molecule has 0 aliphatic rings. The van der Waals surface area contributed by atoms with Gasteiger partial charge in [-0.05, 0) is 34.7 Å². The molecule has 0 bridgehead atoms. The molecular weight excluding hydrogens is 297 g/mol. The lowest BCUT2D eigenvalue weighted by molar-refractivity contribution is 0.642. The smallest absolute Gasteiger partial charge is 0.183 e. The number of tetrazole rings is 1. The average molecular weight is 308 g/mol. The van der Waals surface area contributed by atoms with E-state index in [-0.39, 0.29) is 12.4 Å². The lowest BCUT2D eigenvalue weighted by Gasteiger charge is -2.05. The van der Waals surface area contributed by atoms with Crippen molar-refractivity contribution in [2.45, 2.75) is 6.54 Å². The van der Waals surface area contributed by atoms with Crippen molar-refractivity contribution in [3.63, 3.8) is 0 Å². The van der Waals surface area contributed by atoms with Crippen molar-refractivity contribution in [1.82, 2.24) is 25.2 Å². The van der Waals surface area contributed by atoms with Gasteiger partial charge in [0.1, 0.15) is 0 Å². The van der Waals surface area contributed by atoms with E-state index >= 15 is 0 Å². The summed E-state index contributed by atoms with van der Waals surface area (Å²) < 4.78 is 1.68. The summed E-state index contributed by atoms with van der Waals surface area (Å²) in [5, 5.41) is 12.4. The maximum atomic E-state index is 6.17. The van der Waals surface area contributed by atoms with E-state index in [2.05, 4.69) is 20.5 Å². The van der Waals surface area contributed by atoms with Gasteiger partial charge < -0.3 is 0 Å². The molecule has 3 rings (SSSR count). The Bertz CT molecular complexity index is 684. The summed E-state index contributed by atoms with van der Waals surface area (Å²) in [4.78, 5) is 4.26. The van der Waals surface area contributed by atoms with E-state index in [1.807, 2.05) is 42.5 Å². The maximum absolute atomic E-state index is 6.17. The molecule has 0 aliphatic heterocycles. The standard InChI is InChI=1S/C13H10ClN5.ClH/c14-12-7-2-1-6-11(12)13-16-17-18-19(13)9-10-5-3-4-8-15-10;/h1-8H,9H2;1H. The third-order valence-corrected chi connectivity index (χ3v) is 3.01. The quantitative estimate of drug-likeness (QED) is 0.746. The van der Waals surface area contributed by atoms with E-state index in [0.717, 1.165) is 11.3 Å². The second kappa shape index (κ2) is 6.45. The molecule has 3 aromatic rings. The summed E-state index contributed by atoms with van der Waals surface area (Å²) in [7, 11) is 0. The summed E-state index contributed by atoms with van der Waals surface area (Å²) in [6.45, 7) is 0.508. The average Bonchev–Trinajstić information content (AvgIpc) is 2.88. The first-order valence-electron chi connectivity index (χ1n) is 5.75. The summed E-state index contributed by atoms with van der Waals surface area (Å²) in [6, 6.07) is 13.2. The summed E-state index contributed by atoms with van der Waals surface area (Å²) >= 11 is 6.17. The monoisotopic (exact) mass is 307 g/mol. The van der Waals surface area contributed by atoms with E-state index in [9.17, 15) is 0 Å². The van der Waals surface area contributed by atoms with Crippen LogP contribution in [0.3, 0.4) is 0 Å². The van der Waals surface area contributed by atoms with Gasteiger partial charge in [-0.25, -0.2) is 4.68 Å². The summed E-state index contributed by atoms with van der Waals surface area (Å²) in [6.07, 6.45) is 1.74. The lowest BCUT2D eigenvalue weighted by atomic mass is 10.2. The van der Waals surface area contributed by atoms with Crippen molar-refractivity contribution >= 4 is 24.0 Å². The molecule has 0 unspecified atom stereocenters. The molecule has 0 atom stereocenters. The molecule has 102 valence electrons. The van der Waals surface area contributed by atoms with Crippen molar-refractivity contribution < 1.29 is 0 Å². The van der Waals surface area contributed by atoms with Gasteiger partial charge in [-0.2, -0.15) is 0 Å². The van der Waals surface area contributed by atoms with E-state index < -0.39 is 0 Å². The maximum Gasteiger partial charge on any atom is 0.183 e. The Morgan fingerprint density at radius 2 is 1.85 bits per heavy atom. The second-order valence-electron chi connectivity index (χ2n) is 3.96. The predicted octanol–water partition coefficient (Wildman–Crippen LogP) is 2.86. The number of pyridine rings is 1. The van der Waals surface area contributed by atoms with Gasteiger partial charge in [-0.15, -0.1) is 17.5 Å². The van der Waals surface area contributed by atoms with Gasteiger partial charge >= 0.3 is 0 Å². The number of benzene rings is 1. The SMILES string of the molecule is Cl.Clc1ccccc1-c1nnnn1Cc1ccccn1. The number of nitrogens with zero attached hydrogens (tertiary/aromatic N) is 5. The third-order valence-electron chi connectivity index (χ3n) is 2.68. The van der Waals surface area contributed by atoms with Gasteiger partial charge in [0.15, 0.2) is 5.82 Å². The topological polar surface area (TPSA) is 56.5 Å². The largest absolute Gasteiger partial charge is 0.259 e. The molecule has 5 nitrogen and oxygen atoms in total. The first kappa shape index (κ1) is 14.4. The number of halogens is 2. The lowest BCUT2D eigenvalue weighted by Crippen LogP contribution is -2.05. The second-order valence-corrected chi connectivity index (χ2v) is 4.37. The summed E-state index contributed by atoms with van der Waals surface area (Å²) in [5.41, 5.74) is 1.70. The van der Waals surface area contributed by atoms with Crippen LogP contribution in [0.25, 0.3) is 11.4 Å². The molecule has 0 N–H and O–H groups in total. The molecule has 2 heterocycles. The Morgan fingerprint density at radius 1 is 1.05 bits per heavy atom. The van der Waals surface area contributed by atoms with Gasteiger partial charge in [0, 0.05) is 11.8 Å². The molecule has 20 heavy (non-hydrogen) atoms. The highest BCUT2D eigenvalue weighted by Gasteiger charge is 2.12. The Labute approximate surface area is 127 Å². The third kappa shape index (κ3) is 2.95. The molecular formula is C13H11Cl2N5. The Balaban J connectivity index is 0.00000147. The van der Waals surface area contributed by atoms with Crippen LogP contribution in [0.15, 0.2) is 48.7 Å². The number of hydrogen-bond donors (Lipinski definition) is 0. The van der Waals surface area contributed by atoms with Gasteiger partial charge in [-0.1, -0.05) is 29.8 Å². The van der Waals surface area contributed by atoms with Crippen LogP contribution in [0, 0.1) is 0 Å². The zero-order valence-corrected chi connectivity index (χ0v) is 11.9. The van der Waals surface area contributed by atoms with Crippen LogP contribution in [0.4, 0.5) is 0 Å². The van der Waals surface area contributed by atoms with E-state index in [4.69, 9.17) is 11.6 Å². The highest BCUT2D eigenvalue weighted by atomic mass is 35.5. The Hall–Kier alpha value is -1.98. The van der Waals surface area contributed by atoms with E-state index in [1.54, 1.807) is 10.9 Å². The fourth-order valence-electron chi connectivity index (χ4n) is 1.79. The highest BCUT2D eigenvalue weighted by Crippen LogP contribution is 2.25. The molecule has 0 spiro atoms. The van der Waals surface area contributed by atoms with Crippen LogP contribution in [0.1, 0.15) is 5.69 Å². The molecule has 0 saturated heterocycles. The van der Waals surface area contributed by atoms with Gasteiger partial charge in [0.05, 0.1) is 17.3 Å². The van der Waals surface area contributed by atoms with Crippen LogP contribution in [-0.2, 0) is 6.54 Å².